The van der Waals surface area contributed by atoms with Crippen LogP contribution in [0.2, 0.25) is 0 Å². The van der Waals surface area contributed by atoms with E-state index in [1.807, 2.05) is 6.07 Å². The molecule has 1 amide bonds. The number of carbonyl (C=O) groups excluding carboxylic acids is 1. The van der Waals surface area contributed by atoms with E-state index in [2.05, 4.69) is 0 Å². The van der Waals surface area contributed by atoms with Gasteiger partial charge in [-0.05, 0) is 42.5 Å². The lowest BCUT2D eigenvalue weighted by molar-refractivity contribution is -0.137. The first kappa shape index (κ1) is 17.8. The Morgan fingerprint density at radius 1 is 1.12 bits per heavy atom. The normalized spacial score (nSPS) is 11.6. The van der Waals surface area contributed by atoms with Crippen LogP contribution in [0.1, 0.15) is 16.1 Å². The molecule has 1 aromatic heterocycles. The number of halogens is 3. The van der Waals surface area contributed by atoms with Crippen molar-refractivity contribution in [2.24, 2.45) is 7.05 Å². The van der Waals surface area contributed by atoms with E-state index in [-0.39, 0.29) is 5.69 Å². The Bertz CT molecular complexity index is 977. The Labute approximate surface area is 148 Å². The molecule has 0 spiro atoms. The van der Waals surface area contributed by atoms with E-state index in [1.54, 1.807) is 36.9 Å². The molecule has 0 unspecified atom stereocenters. The number of benzene rings is 2. The predicted molar refractivity (Wildman–Crippen MR) is 93.6 cm³/mol. The van der Waals surface area contributed by atoms with Crippen molar-refractivity contribution in [1.29, 1.82) is 0 Å². The van der Waals surface area contributed by atoms with E-state index in [0.717, 1.165) is 23.0 Å². The van der Waals surface area contributed by atoms with Gasteiger partial charge in [0.2, 0.25) is 0 Å². The molecule has 0 bridgehead atoms. The number of alkyl halides is 3. The standard InChI is InChI=1S/C19H17F3N2O2/c1-23(14-6-4-5-13(11-14)19(20,21)22)18(25)17-10-12-9-15(26-3)7-8-16(12)24(17)2/h4-11H,1-3H3. The molecule has 0 aliphatic carbocycles. The van der Waals surface area contributed by atoms with Crippen molar-refractivity contribution in [3.8, 4) is 5.75 Å². The van der Waals surface area contributed by atoms with Gasteiger partial charge in [-0.3, -0.25) is 4.79 Å². The highest BCUT2D eigenvalue weighted by molar-refractivity contribution is 6.07. The molecule has 0 aliphatic heterocycles. The number of aromatic nitrogens is 1. The van der Waals surface area contributed by atoms with E-state index in [0.29, 0.717) is 11.4 Å². The SMILES string of the molecule is COc1ccc2c(c1)cc(C(=O)N(C)c1cccc(C(F)(F)F)c1)n2C. The van der Waals surface area contributed by atoms with Crippen molar-refractivity contribution in [3.63, 3.8) is 0 Å². The molecule has 0 aliphatic rings. The average Bonchev–Trinajstić information content (AvgIpc) is 2.95. The number of fused-ring (bicyclic) bond motifs is 1. The number of ether oxygens (including phenoxy) is 1. The zero-order chi connectivity index (χ0) is 19.1. The largest absolute Gasteiger partial charge is 0.497 e. The molecule has 0 atom stereocenters. The molecule has 26 heavy (non-hydrogen) atoms. The van der Waals surface area contributed by atoms with Crippen LogP contribution in [0.5, 0.6) is 5.75 Å². The van der Waals surface area contributed by atoms with Crippen LogP contribution in [0.4, 0.5) is 18.9 Å². The second-order valence-electron chi connectivity index (χ2n) is 5.93. The van der Waals surface area contributed by atoms with E-state index in [1.165, 1.54) is 24.1 Å². The van der Waals surface area contributed by atoms with Crippen molar-refractivity contribution in [2.75, 3.05) is 19.1 Å². The van der Waals surface area contributed by atoms with E-state index < -0.39 is 17.6 Å². The van der Waals surface area contributed by atoms with Crippen LogP contribution >= 0.6 is 0 Å². The molecule has 4 nitrogen and oxygen atoms in total. The van der Waals surface area contributed by atoms with Gasteiger partial charge in [-0.1, -0.05) is 6.07 Å². The molecule has 0 N–H and O–H groups in total. The van der Waals surface area contributed by atoms with Crippen LogP contribution in [0.25, 0.3) is 10.9 Å². The second kappa shape index (κ2) is 6.40. The Kier molecular flexibility index (Phi) is 4.39. The van der Waals surface area contributed by atoms with Gasteiger partial charge in [0.15, 0.2) is 0 Å². The van der Waals surface area contributed by atoms with Gasteiger partial charge in [-0.15, -0.1) is 0 Å². The minimum absolute atomic E-state index is 0.174. The first-order valence-corrected chi connectivity index (χ1v) is 7.81. The van der Waals surface area contributed by atoms with E-state index >= 15 is 0 Å². The average molecular weight is 362 g/mol. The van der Waals surface area contributed by atoms with Crippen LogP contribution in [0.3, 0.4) is 0 Å². The summed E-state index contributed by atoms with van der Waals surface area (Å²) in [5.74, 6) is 0.260. The first-order valence-electron chi connectivity index (χ1n) is 7.81. The molecule has 7 heteroatoms. The molecule has 0 radical (unpaired) electrons. The zero-order valence-electron chi connectivity index (χ0n) is 14.5. The summed E-state index contributed by atoms with van der Waals surface area (Å²) >= 11 is 0. The molecule has 0 fully saturated rings. The maximum Gasteiger partial charge on any atom is 0.416 e. The van der Waals surface area contributed by atoms with Gasteiger partial charge >= 0.3 is 6.18 Å². The van der Waals surface area contributed by atoms with Crippen LogP contribution in [-0.4, -0.2) is 24.6 Å². The monoisotopic (exact) mass is 362 g/mol. The van der Waals surface area contributed by atoms with Gasteiger partial charge in [-0.25, -0.2) is 0 Å². The molecule has 2 aromatic carbocycles. The molecule has 3 rings (SSSR count). The Morgan fingerprint density at radius 3 is 2.50 bits per heavy atom. The molecular formula is C19H17F3N2O2. The lowest BCUT2D eigenvalue weighted by Gasteiger charge is -2.19. The van der Waals surface area contributed by atoms with Gasteiger partial charge in [0.1, 0.15) is 11.4 Å². The second-order valence-corrected chi connectivity index (χ2v) is 5.93. The number of carbonyl (C=O) groups is 1. The van der Waals surface area contributed by atoms with Crippen LogP contribution in [-0.2, 0) is 13.2 Å². The summed E-state index contributed by atoms with van der Waals surface area (Å²) in [4.78, 5) is 14.1. The molecule has 0 saturated heterocycles. The first-order chi connectivity index (χ1) is 12.2. The summed E-state index contributed by atoms with van der Waals surface area (Å²) in [6, 6.07) is 11.8. The third kappa shape index (κ3) is 3.12. The third-order valence-corrected chi connectivity index (χ3v) is 4.33. The number of rotatable bonds is 3. The molecule has 0 saturated carbocycles. The predicted octanol–water partition coefficient (Wildman–Crippen LogP) is 4.48. The summed E-state index contributed by atoms with van der Waals surface area (Å²) in [7, 11) is 4.75. The van der Waals surface area contributed by atoms with Crippen LogP contribution in [0, 0.1) is 0 Å². The number of hydrogen-bond donors (Lipinski definition) is 0. The number of amides is 1. The third-order valence-electron chi connectivity index (χ3n) is 4.33. The molecule has 1 heterocycles. The Hall–Kier alpha value is -2.96. The number of hydrogen-bond acceptors (Lipinski definition) is 2. The zero-order valence-corrected chi connectivity index (χ0v) is 14.5. The number of anilines is 1. The fourth-order valence-electron chi connectivity index (χ4n) is 2.84. The van der Waals surface area contributed by atoms with Crippen LogP contribution in [0.15, 0.2) is 48.5 Å². The molecular weight excluding hydrogens is 345 g/mol. The van der Waals surface area contributed by atoms with Crippen molar-refractivity contribution < 1.29 is 22.7 Å². The lowest BCUT2D eigenvalue weighted by Crippen LogP contribution is -2.28. The van der Waals surface area contributed by atoms with Gasteiger partial charge in [0.05, 0.1) is 12.7 Å². The van der Waals surface area contributed by atoms with E-state index in [4.69, 9.17) is 4.74 Å². The minimum atomic E-state index is -4.46. The van der Waals surface area contributed by atoms with Gasteiger partial charge < -0.3 is 14.2 Å². The molecule has 3 aromatic rings. The summed E-state index contributed by atoms with van der Waals surface area (Å²) < 4.78 is 45.6. The quantitative estimate of drug-likeness (QED) is 0.688. The highest BCUT2D eigenvalue weighted by Gasteiger charge is 2.31. The van der Waals surface area contributed by atoms with Gasteiger partial charge in [0.25, 0.3) is 5.91 Å². The maximum atomic E-state index is 12.9. The Balaban J connectivity index is 1.99. The topological polar surface area (TPSA) is 34.5 Å². The Morgan fingerprint density at radius 2 is 1.85 bits per heavy atom. The highest BCUT2D eigenvalue weighted by Crippen LogP contribution is 2.32. The van der Waals surface area contributed by atoms with Gasteiger partial charge in [-0.2, -0.15) is 13.2 Å². The number of nitrogens with zero attached hydrogens (tertiary/aromatic N) is 2. The van der Waals surface area contributed by atoms with Gasteiger partial charge in [0, 0.05) is 30.7 Å². The van der Waals surface area contributed by atoms with E-state index in [9.17, 15) is 18.0 Å². The summed E-state index contributed by atoms with van der Waals surface area (Å²) in [6.07, 6.45) is -4.46. The minimum Gasteiger partial charge on any atom is -0.497 e. The van der Waals surface area contributed by atoms with Crippen LogP contribution < -0.4 is 9.64 Å². The number of aryl methyl sites for hydroxylation is 1. The highest BCUT2D eigenvalue weighted by atomic mass is 19.4. The summed E-state index contributed by atoms with van der Waals surface area (Å²) in [6.45, 7) is 0. The molecule has 136 valence electrons. The van der Waals surface area contributed by atoms with Crippen molar-refractivity contribution in [1.82, 2.24) is 4.57 Å². The lowest BCUT2D eigenvalue weighted by atomic mass is 10.1. The van der Waals surface area contributed by atoms with Crippen molar-refractivity contribution in [3.05, 3.63) is 59.8 Å². The van der Waals surface area contributed by atoms with Crippen molar-refractivity contribution >= 4 is 22.5 Å². The fourth-order valence-corrected chi connectivity index (χ4v) is 2.84. The number of methoxy groups -OCH3 is 1. The summed E-state index contributed by atoms with van der Waals surface area (Å²) in [5, 5.41) is 0.813. The fraction of sp³-hybridized carbons (Fsp3) is 0.211. The summed E-state index contributed by atoms with van der Waals surface area (Å²) in [5.41, 5.74) is 0.573. The maximum absolute atomic E-state index is 12.9. The smallest absolute Gasteiger partial charge is 0.416 e. The van der Waals surface area contributed by atoms with Crippen molar-refractivity contribution in [2.45, 2.75) is 6.18 Å².